The van der Waals surface area contributed by atoms with Crippen LogP contribution in [0.2, 0.25) is 0 Å². The van der Waals surface area contributed by atoms with Crippen LogP contribution in [0.15, 0.2) is 212 Å². The molecule has 0 amide bonds. The van der Waals surface area contributed by atoms with Gasteiger partial charge in [-0.1, -0.05) is 200 Å². The van der Waals surface area contributed by atoms with Crippen LogP contribution in [0.3, 0.4) is 0 Å². The summed E-state index contributed by atoms with van der Waals surface area (Å²) in [5.74, 6) is 4.18. The molecule has 1 aromatic heterocycles. The van der Waals surface area contributed by atoms with Crippen LogP contribution in [0, 0.1) is 5.92 Å². The molecule has 0 fully saturated rings. The first-order valence-corrected chi connectivity index (χ1v) is 20.6. The minimum absolute atomic E-state index is 0.213. The molecular formula is C56H37N3O. The van der Waals surface area contributed by atoms with E-state index in [1.54, 1.807) is 0 Å². The molecule has 3 unspecified atom stereocenters. The van der Waals surface area contributed by atoms with Crippen LogP contribution >= 0.6 is 0 Å². The lowest BCUT2D eigenvalue weighted by molar-refractivity contribution is 0.375. The number of allylic oxidation sites excluding steroid dienone is 4. The molecule has 8 aromatic carbocycles. The second-order valence-electron chi connectivity index (χ2n) is 15.8. The summed E-state index contributed by atoms with van der Waals surface area (Å²) in [5.41, 5.74) is 12.0. The molecule has 3 atom stereocenters. The third-order valence-electron chi connectivity index (χ3n) is 12.7. The highest BCUT2D eigenvalue weighted by atomic mass is 16.5. The number of para-hydroxylation sites is 2. The van der Waals surface area contributed by atoms with Crippen molar-refractivity contribution in [3.63, 3.8) is 0 Å². The minimum Gasteiger partial charge on any atom is -0.456 e. The van der Waals surface area contributed by atoms with E-state index in [9.17, 15) is 0 Å². The quantitative estimate of drug-likeness (QED) is 0.175. The highest BCUT2D eigenvalue weighted by Gasteiger charge is 2.56. The average Bonchev–Trinajstić information content (AvgIpc) is 3.62. The van der Waals surface area contributed by atoms with Crippen LogP contribution < -0.4 is 4.74 Å². The largest absolute Gasteiger partial charge is 0.456 e. The van der Waals surface area contributed by atoms with E-state index >= 15 is 0 Å². The first kappa shape index (κ1) is 34.4. The smallest absolute Gasteiger partial charge is 0.164 e. The zero-order valence-corrected chi connectivity index (χ0v) is 32.6. The topological polar surface area (TPSA) is 47.9 Å². The lowest BCUT2D eigenvalue weighted by Crippen LogP contribution is -2.37. The van der Waals surface area contributed by atoms with Crippen molar-refractivity contribution in [3.05, 3.63) is 235 Å². The fraction of sp³-hybridized carbons (Fsp3) is 0.0536. The molecule has 282 valence electrons. The Morgan fingerprint density at radius 2 is 0.933 bits per heavy atom. The summed E-state index contributed by atoms with van der Waals surface area (Å²) in [6, 6.07) is 66.4. The number of hydrogen-bond donors (Lipinski definition) is 0. The summed E-state index contributed by atoms with van der Waals surface area (Å²) in [6.07, 6.45) is 9.19. The molecule has 4 heteroatoms. The van der Waals surface area contributed by atoms with Gasteiger partial charge < -0.3 is 4.74 Å². The lowest BCUT2D eigenvalue weighted by atomic mass is 9.61. The first-order chi connectivity index (χ1) is 29.8. The highest BCUT2D eigenvalue weighted by Crippen LogP contribution is 2.65. The molecule has 1 spiro atoms. The van der Waals surface area contributed by atoms with Gasteiger partial charge in [0, 0.05) is 45.2 Å². The molecule has 4 nitrogen and oxygen atoms in total. The van der Waals surface area contributed by atoms with Gasteiger partial charge in [0.1, 0.15) is 11.5 Å². The molecule has 0 bridgehead atoms. The monoisotopic (exact) mass is 767 g/mol. The van der Waals surface area contributed by atoms with Crippen molar-refractivity contribution in [2.45, 2.75) is 11.3 Å². The van der Waals surface area contributed by atoms with Gasteiger partial charge in [0.05, 0.1) is 5.41 Å². The number of nitrogens with zero attached hydrogens (tertiary/aromatic N) is 3. The van der Waals surface area contributed by atoms with Crippen LogP contribution in [-0.4, -0.2) is 15.0 Å². The summed E-state index contributed by atoms with van der Waals surface area (Å²) in [5, 5.41) is 2.24. The van der Waals surface area contributed by atoms with Crippen molar-refractivity contribution in [1.29, 1.82) is 0 Å². The number of ether oxygens (including phenoxy) is 1. The average molecular weight is 768 g/mol. The fourth-order valence-electron chi connectivity index (χ4n) is 10.1. The van der Waals surface area contributed by atoms with Crippen molar-refractivity contribution >= 4 is 10.8 Å². The third kappa shape index (κ3) is 5.20. The Morgan fingerprint density at radius 1 is 0.383 bits per heavy atom. The molecule has 9 aromatic rings. The van der Waals surface area contributed by atoms with Gasteiger partial charge in [-0.25, -0.2) is 15.0 Å². The molecular weight excluding hydrogens is 731 g/mol. The molecule has 1 aliphatic heterocycles. The summed E-state index contributed by atoms with van der Waals surface area (Å²) < 4.78 is 6.99. The van der Waals surface area contributed by atoms with Crippen LogP contribution in [0.5, 0.6) is 11.5 Å². The number of hydrogen-bond acceptors (Lipinski definition) is 4. The Balaban J connectivity index is 0.990. The first-order valence-electron chi connectivity index (χ1n) is 20.6. The fourth-order valence-corrected chi connectivity index (χ4v) is 10.1. The van der Waals surface area contributed by atoms with E-state index < -0.39 is 5.41 Å². The molecule has 0 saturated carbocycles. The van der Waals surface area contributed by atoms with E-state index in [0.29, 0.717) is 17.5 Å². The van der Waals surface area contributed by atoms with Crippen molar-refractivity contribution in [1.82, 2.24) is 15.0 Å². The highest BCUT2D eigenvalue weighted by molar-refractivity contribution is 6.04. The summed E-state index contributed by atoms with van der Waals surface area (Å²) in [4.78, 5) is 15.4. The zero-order valence-electron chi connectivity index (χ0n) is 32.6. The SMILES string of the molecule is C1=CC2c3ccccc3C3(c4ccccc4Oc4c(-c5ccc(-c6nc(-c7ccccc7)nc(-c7ccc(-c8ccccc8)c8ccccc78)n6)cc5)cccc43)C2C=C1. The number of fused-ring (bicyclic) bond motifs is 10. The Hall–Kier alpha value is -7.69. The molecule has 3 aliphatic rings. The van der Waals surface area contributed by atoms with E-state index in [1.807, 2.05) is 18.2 Å². The maximum Gasteiger partial charge on any atom is 0.164 e. The molecule has 2 heterocycles. The normalized spacial score (nSPS) is 18.1. The van der Waals surface area contributed by atoms with Crippen molar-refractivity contribution < 1.29 is 4.74 Å². The van der Waals surface area contributed by atoms with Gasteiger partial charge in [-0.2, -0.15) is 0 Å². The third-order valence-corrected chi connectivity index (χ3v) is 12.7. The Kier molecular flexibility index (Phi) is 7.85. The minimum atomic E-state index is -0.402. The zero-order chi connectivity index (χ0) is 39.6. The van der Waals surface area contributed by atoms with Gasteiger partial charge in [-0.3, -0.25) is 0 Å². The predicted molar refractivity (Wildman–Crippen MR) is 242 cm³/mol. The summed E-state index contributed by atoms with van der Waals surface area (Å²) in [7, 11) is 0. The van der Waals surface area contributed by atoms with Crippen LogP contribution in [0.25, 0.3) is 67.2 Å². The van der Waals surface area contributed by atoms with Gasteiger partial charge in [-0.15, -0.1) is 0 Å². The second-order valence-corrected chi connectivity index (χ2v) is 15.8. The van der Waals surface area contributed by atoms with Gasteiger partial charge in [0.15, 0.2) is 17.5 Å². The molecule has 0 radical (unpaired) electrons. The maximum absolute atomic E-state index is 6.99. The Labute approximate surface area is 348 Å². The summed E-state index contributed by atoms with van der Waals surface area (Å²) in [6.45, 7) is 0. The van der Waals surface area contributed by atoms with Crippen molar-refractivity contribution in [2.24, 2.45) is 5.92 Å². The summed E-state index contributed by atoms with van der Waals surface area (Å²) >= 11 is 0. The Morgan fingerprint density at radius 3 is 1.72 bits per heavy atom. The predicted octanol–water partition coefficient (Wildman–Crippen LogP) is 13.6. The molecule has 60 heavy (non-hydrogen) atoms. The van der Waals surface area contributed by atoms with Crippen LogP contribution in [-0.2, 0) is 5.41 Å². The van der Waals surface area contributed by atoms with E-state index in [2.05, 4.69) is 194 Å². The van der Waals surface area contributed by atoms with E-state index in [4.69, 9.17) is 19.7 Å². The molecule has 12 rings (SSSR count). The van der Waals surface area contributed by atoms with Gasteiger partial charge >= 0.3 is 0 Å². The van der Waals surface area contributed by atoms with E-state index in [1.165, 1.54) is 33.4 Å². The maximum atomic E-state index is 6.99. The van der Waals surface area contributed by atoms with Crippen LogP contribution in [0.1, 0.15) is 28.2 Å². The lowest BCUT2D eigenvalue weighted by Gasteiger charge is -2.43. The molecule has 0 N–H and O–H groups in total. The van der Waals surface area contributed by atoms with Gasteiger partial charge in [0.25, 0.3) is 0 Å². The number of benzene rings is 8. The van der Waals surface area contributed by atoms with E-state index in [-0.39, 0.29) is 11.8 Å². The standard InChI is InChI=1S/C56H37N3O/c1-3-16-36(17-4-1)40-34-35-46(43-21-8-7-20-42(40)43)55-58-53(38-18-5-2-6-19-38)57-54(59-55)39-32-30-37(31-33-39)41-24-15-28-50-52(41)60-51-29-14-13-27-49(51)56(50)47-25-11-9-22-44(47)45-23-10-12-26-48(45)56/h1-35,44,47H. The van der Waals surface area contributed by atoms with Crippen molar-refractivity contribution in [3.8, 4) is 67.9 Å². The second kappa shape index (κ2) is 13.7. The molecule has 0 saturated heterocycles. The van der Waals surface area contributed by atoms with Gasteiger partial charge in [0.2, 0.25) is 0 Å². The Bertz CT molecular complexity index is 3190. The number of aromatic nitrogens is 3. The van der Waals surface area contributed by atoms with Gasteiger partial charge in [-0.05, 0) is 50.7 Å². The number of rotatable bonds is 5. The van der Waals surface area contributed by atoms with Crippen molar-refractivity contribution in [2.75, 3.05) is 0 Å². The van der Waals surface area contributed by atoms with Crippen LogP contribution in [0.4, 0.5) is 0 Å². The van der Waals surface area contributed by atoms with E-state index in [0.717, 1.165) is 50.1 Å². The molecule has 2 aliphatic carbocycles.